The first-order valence-electron chi connectivity index (χ1n) is 5.07. The molecule has 0 bridgehead atoms. The van der Waals surface area contributed by atoms with Crippen molar-refractivity contribution < 1.29 is 9.84 Å². The number of hydrogen-bond donors (Lipinski definition) is 2. The molecule has 0 aliphatic heterocycles. The Morgan fingerprint density at radius 1 is 1.50 bits per heavy atom. The van der Waals surface area contributed by atoms with Crippen LogP contribution in [0.4, 0.5) is 5.69 Å². The largest absolute Gasteiger partial charge is 0.493 e. The molecule has 1 rings (SSSR count). The van der Waals surface area contributed by atoms with E-state index in [0.29, 0.717) is 30.0 Å². The van der Waals surface area contributed by atoms with E-state index in [1.54, 1.807) is 32.0 Å². The zero-order valence-corrected chi connectivity index (χ0v) is 9.53. The molecule has 0 unspecified atom stereocenters. The second-order valence-corrected chi connectivity index (χ2v) is 4.27. The van der Waals surface area contributed by atoms with Crippen LogP contribution in [0.1, 0.15) is 25.8 Å². The van der Waals surface area contributed by atoms with Gasteiger partial charge in [-0.25, -0.2) is 0 Å². The Bertz CT molecular complexity index is 402. The minimum absolute atomic E-state index is 0.401. The number of nitrogens with two attached hydrogens (primary N) is 1. The lowest BCUT2D eigenvalue weighted by atomic mass is 10.1. The summed E-state index contributed by atoms with van der Waals surface area (Å²) in [6.45, 7) is 3.85. The standard InChI is InChI=1S/C12H16N2O2/c1-12(2,15)5-6-16-10-3-4-11(14)9(7-10)8-13/h3-4,7,15H,5-6,14H2,1-2H3. The Kier molecular flexibility index (Phi) is 3.75. The second kappa shape index (κ2) is 4.86. The van der Waals surface area contributed by atoms with Crippen LogP contribution in [-0.2, 0) is 0 Å². The van der Waals surface area contributed by atoms with Crippen molar-refractivity contribution in [2.75, 3.05) is 12.3 Å². The minimum Gasteiger partial charge on any atom is -0.493 e. The molecule has 0 heterocycles. The SMILES string of the molecule is CC(C)(O)CCOc1ccc(N)c(C#N)c1. The predicted molar refractivity (Wildman–Crippen MR) is 62.0 cm³/mol. The number of anilines is 1. The summed E-state index contributed by atoms with van der Waals surface area (Å²) < 4.78 is 5.41. The molecular formula is C12H16N2O2. The van der Waals surface area contributed by atoms with Crippen LogP contribution < -0.4 is 10.5 Å². The molecule has 1 aromatic carbocycles. The van der Waals surface area contributed by atoms with Gasteiger partial charge in [-0.05, 0) is 32.0 Å². The van der Waals surface area contributed by atoms with E-state index in [4.69, 9.17) is 15.7 Å². The molecule has 0 spiro atoms. The van der Waals surface area contributed by atoms with E-state index in [0.717, 1.165) is 0 Å². The van der Waals surface area contributed by atoms with Crippen molar-refractivity contribution in [1.29, 1.82) is 5.26 Å². The summed E-state index contributed by atoms with van der Waals surface area (Å²) in [6, 6.07) is 6.93. The molecule has 0 saturated heterocycles. The highest BCUT2D eigenvalue weighted by atomic mass is 16.5. The normalized spacial score (nSPS) is 10.9. The number of rotatable bonds is 4. The number of benzene rings is 1. The Labute approximate surface area is 95.3 Å². The first-order chi connectivity index (χ1) is 7.42. The number of aliphatic hydroxyl groups is 1. The van der Waals surface area contributed by atoms with Crippen LogP contribution in [0.15, 0.2) is 18.2 Å². The molecule has 86 valence electrons. The Morgan fingerprint density at radius 3 is 2.75 bits per heavy atom. The average Bonchev–Trinajstić information content (AvgIpc) is 2.18. The maximum Gasteiger partial charge on any atom is 0.120 e. The Hall–Kier alpha value is -1.73. The van der Waals surface area contributed by atoms with Gasteiger partial charge in [-0.3, -0.25) is 0 Å². The molecule has 16 heavy (non-hydrogen) atoms. The molecule has 0 radical (unpaired) electrons. The molecule has 4 heteroatoms. The molecule has 0 saturated carbocycles. The van der Waals surface area contributed by atoms with Crippen molar-refractivity contribution in [2.45, 2.75) is 25.9 Å². The molecule has 0 aliphatic carbocycles. The summed E-state index contributed by atoms with van der Waals surface area (Å²) in [4.78, 5) is 0. The quantitative estimate of drug-likeness (QED) is 0.756. The summed E-state index contributed by atoms with van der Waals surface area (Å²) in [5, 5.41) is 18.3. The van der Waals surface area contributed by atoms with Gasteiger partial charge in [-0.1, -0.05) is 0 Å². The molecule has 3 N–H and O–H groups in total. The van der Waals surface area contributed by atoms with Crippen LogP contribution in [0.25, 0.3) is 0 Å². The molecule has 0 atom stereocenters. The second-order valence-electron chi connectivity index (χ2n) is 4.27. The van der Waals surface area contributed by atoms with E-state index in [9.17, 15) is 5.11 Å². The number of nitrogen functional groups attached to an aromatic ring is 1. The fourth-order valence-electron chi connectivity index (χ4n) is 1.14. The zero-order valence-electron chi connectivity index (χ0n) is 9.53. The van der Waals surface area contributed by atoms with Crippen molar-refractivity contribution in [2.24, 2.45) is 0 Å². The third kappa shape index (κ3) is 3.79. The van der Waals surface area contributed by atoms with E-state index < -0.39 is 5.60 Å². The smallest absolute Gasteiger partial charge is 0.120 e. The lowest BCUT2D eigenvalue weighted by molar-refractivity contribution is 0.0553. The summed E-state index contributed by atoms with van der Waals surface area (Å²) in [5.41, 5.74) is 5.68. The molecule has 4 nitrogen and oxygen atoms in total. The number of nitrogens with zero attached hydrogens (tertiary/aromatic N) is 1. The van der Waals surface area contributed by atoms with Gasteiger partial charge in [0, 0.05) is 12.1 Å². The first kappa shape index (κ1) is 12.3. The maximum absolute atomic E-state index is 9.49. The number of nitriles is 1. The third-order valence-electron chi connectivity index (χ3n) is 2.13. The molecule has 0 fully saturated rings. The molecule has 0 aliphatic rings. The zero-order chi connectivity index (χ0) is 12.2. The van der Waals surface area contributed by atoms with Gasteiger partial charge in [0.05, 0.1) is 17.8 Å². The van der Waals surface area contributed by atoms with E-state index in [1.165, 1.54) is 0 Å². The lowest BCUT2D eigenvalue weighted by Gasteiger charge is -2.17. The summed E-state index contributed by atoms with van der Waals surface area (Å²) >= 11 is 0. The Balaban J connectivity index is 2.59. The first-order valence-corrected chi connectivity index (χ1v) is 5.07. The topological polar surface area (TPSA) is 79.3 Å². The molecule has 1 aromatic rings. The van der Waals surface area contributed by atoms with Gasteiger partial charge >= 0.3 is 0 Å². The van der Waals surface area contributed by atoms with Crippen molar-refractivity contribution in [3.05, 3.63) is 23.8 Å². The summed E-state index contributed by atoms with van der Waals surface area (Å²) in [6.07, 6.45) is 0.527. The van der Waals surface area contributed by atoms with Crippen molar-refractivity contribution in [1.82, 2.24) is 0 Å². The van der Waals surface area contributed by atoms with Crippen LogP contribution in [0, 0.1) is 11.3 Å². The van der Waals surface area contributed by atoms with Crippen LogP contribution in [0.2, 0.25) is 0 Å². The lowest BCUT2D eigenvalue weighted by Crippen LogP contribution is -2.21. The molecule has 0 aromatic heterocycles. The summed E-state index contributed by atoms with van der Waals surface area (Å²) in [5.74, 6) is 0.593. The predicted octanol–water partition coefficient (Wildman–Crippen LogP) is 1.68. The van der Waals surface area contributed by atoms with Gasteiger partial charge in [0.2, 0.25) is 0 Å². The van der Waals surface area contributed by atoms with Crippen molar-refractivity contribution in [3.8, 4) is 11.8 Å². The van der Waals surface area contributed by atoms with E-state index in [1.807, 2.05) is 6.07 Å². The van der Waals surface area contributed by atoms with Crippen molar-refractivity contribution >= 4 is 5.69 Å². The van der Waals surface area contributed by atoms with Gasteiger partial charge in [0.1, 0.15) is 11.8 Å². The van der Waals surface area contributed by atoms with Gasteiger partial charge in [-0.2, -0.15) is 5.26 Å². The van der Waals surface area contributed by atoms with Crippen LogP contribution in [0.5, 0.6) is 5.75 Å². The van der Waals surface area contributed by atoms with Gasteiger partial charge in [0.15, 0.2) is 0 Å². The highest BCUT2D eigenvalue weighted by Gasteiger charge is 2.12. The fraction of sp³-hybridized carbons (Fsp3) is 0.417. The monoisotopic (exact) mass is 220 g/mol. The molecular weight excluding hydrogens is 204 g/mol. The fourth-order valence-corrected chi connectivity index (χ4v) is 1.14. The van der Waals surface area contributed by atoms with Crippen LogP contribution in [-0.4, -0.2) is 17.3 Å². The molecule has 0 amide bonds. The van der Waals surface area contributed by atoms with Gasteiger partial charge < -0.3 is 15.6 Å². The van der Waals surface area contributed by atoms with E-state index in [2.05, 4.69) is 0 Å². The average molecular weight is 220 g/mol. The van der Waals surface area contributed by atoms with E-state index in [-0.39, 0.29) is 0 Å². The third-order valence-corrected chi connectivity index (χ3v) is 2.13. The highest BCUT2D eigenvalue weighted by molar-refractivity contribution is 5.56. The minimum atomic E-state index is -0.744. The van der Waals surface area contributed by atoms with Crippen molar-refractivity contribution in [3.63, 3.8) is 0 Å². The number of hydrogen-bond acceptors (Lipinski definition) is 4. The van der Waals surface area contributed by atoms with Crippen LogP contribution >= 0.6 is 0 Å². The Morgan fingerprint density at radius 2 is 2.19 bits per heavy atom. The van der Waals surface area contributed by atoms with Crippen LogP contribution in [0.3, 0.4) is 0 Å². The van der Waals surface area contributed by atoms with E-state index >= 15 is 0 Å². The maximum atomic E-state index is 9.49. The summed E-state index contributed by atoms with van der Waals surface area (Å²) in [7, 11) is 0. The highest BCUT2D eigenvalue weighted by Crippen LogP contribution is 2.19. The number of ether oxygens (including phenoxy) is 1. The van der Waals surface area contributed by atoms with Gasteiger partial charge in [0.25, 0.3) is 0 Å². The van der Waals surface area contributed by atoms with Gasteiger partial charge in [-0.15, -0.1) is 0 Å².